The molecule has 114 valence electrons. The maximum atomic E-state index is 12.0. The molecule has 0 fully saturated rings. The van der Waals surface area contributed by atoms with Crippen molar-refractivity contribution in [2.45, 2.75) is 19.1 Å². The maximum Gasteiger partial charge on any atom is 0.422 e. The van der Waals surface area contributed by atoms with E-state index in [-0.39, 0.29) is 11.8 Å². The summed E-state index contributed by atoms with van der Waals surface area (Å²) < 4.78 is 42.7. The molecular formula is C14H16F3N3O. The first-order chi connectivity index (χ1) is 9.85. The zero-order chi connectivity index (χ0) is 15.5. The topological polar surface area (TPSA) is 39.1 Å². The van der Waals surface area contributed by atoms with Crippen molar-refractivity contribution in [2.75, 3.05) is 11.9 Å². The first kappa shape index (κ1) is 15.2. The number of anilines is 1. The van der Waals surface area contributed by atoms with E-state index in [1.807, 2.05) is 24.7 Å². The minimum atomic E-state index is -4.33. The van der Waals surface area contributed by atoms with Crippen molar-refractivity contribution in [3.05, 3.63) is 42.5 Å². The molecular weight excluding hydrogens is 283 g/mol. The lowest BCUT2D eigenvalue weighted by atomic mass is 10.2. The predicted molar refractivity (Wildman–Crippen MR) is 73.2 cm³/mol. The van der Waals surface area contributed by atoms with E-state index in [0.29, 0.717) is 0 Å². The van der Waals surface area contributed by atoms with Crippen LogP contribution in [0.1, 0.15) is 18.8 Å². The number of nitrogens with zero attached hydrogens (tertiary/aromatic N) is 2. The van der Waals surface area contributed by atoms with Gasteiger partial charge in [-0.05, 0) is 31.2 Å². The fourth-order valence-electron chi connectivity index (χ4n) is 1.92. The molecule has 0 amide bonds. The Kier molecular flexibility index (Phi) is 4.40. The molecule has 1 unspecified atom stereocenters. The fourth-order valence-corrected chi connectivity index (χ4v) is 1.92. The van der Waals surface area contributed by atoms with Gasteiger partial charge in [0.05, 0.1) is 6.04 Å². The van der Waals surface area contributed by atoms with E-state index >= 15 is 0 Å². The lowest BCUT2D eigenvalue weighted by molar-refractivity contribution is -0.153. The first-order valence-corrected chi connectivity index (χ1v) is 6.38. The van der Waals surface area contributed by atoms with E-state index in [9.17, 15) is 13.2 Å². The lowest BCUT2D eigenvalue weighted by Crippen LogP contribution is -2.19. The average molecular weight is 299 g/mol. The first-order valence-electron chi connectivity index (χ1n) is 6.38. The Labute approximate surface area is 120 Å². The van der Waals surface area contributed by atoms with E-state index in [0.717, 1.165) is 11.5 Å². The van der Waals surface area contributed by atoms with Gasteiger partial charge in [-0.1, -0.05) is 0 Å². The van der Waals surface area contributed by atoms with Gasteiger partial charge in [0.25, 0.3) is 0 Å². The van der Waals surface area contributed by atoms with E-state index in [1.165, 1.54) is 12.1 Å². The Morgan fingerprint density at radius 2 is 1.95 bits per heavy atom. The summed E-state index contributed by atoms with van der Waals surface area (Å²) in [5, 5.41) is 3.22. The van der Waals surface area contributed by atoms with Crippen molar-refractivity contribution in [3.63, 3.8) is 0 Å². The highest BCUT2D eigenvalue weighted by molar-refractivity contribution is 5.47. The van der Waals surface area contributed by atoms with Crippen LogP contribution in [0.3, 0.4) is 0 Å². The van der Waals surface area contributed by atoms with Crippen LogP contribution >= 0.6 is 0 Å². The van der Waals surface area contributed by atoms with E-state index in [4.69, 9.17) is 0 Å². The number of hydrogen-bond acceptors (Lipinski definition) is 3. The van der Waals surface area contributed by atoms with Gasteiger partial charge < -0.3 is 14.6 Å². The molecule has 7 heteroatoms. The average Bonchev–Trinajstić information content (AvgIpc) is 2.83. The second-order valence-corrected chi connectivity index (χ2v) is 4.69. The van der Waals surface area contributed by atoms with Gasteiger partial charge in [-0.3, -0.25) is 0 Å². The zero-order valence-electron chi connectivity index (χ0n) is 11.7. The number of alkyl halides is 3. The quantitative estimate of drug-likeness (QED) is 0.918. The van der Waals surface area contributed by atoms with Crippen molar-refractivity contribution in [1.29, 1.82) is 0 Å². The molecule has 1 aromatic carbocycles. The molecule has 0 aliphatic rings. The molecule has 0 saturated carbocycles. The Bertz CT molecular complexity index is 578. The molecule has 0 bridgehead atoms. The number of hydrogen-bond donors (Lipinski definition) is 1. The van der Waals surface area contributed by atoms with Crippen molar-refractivity contribution in [2.24, 2.45) is 7.05 Å². The third-order valence-corrected chi connectivity index (χ3v) is 2.89. The lowest BCUT2D eigenvalue weighted by Gasteiger charge is -2.15. The SMILES string of the molecule is CC(Nc1ccc(OCC(F)(F)F)cc1)c1nccn1C. The van der Waals surface area contributed by atoms with Gasteiger partial charge >= 0.3 is 6.18 Å². The van der Waals surface area contributed by atoms with E-state index in [2.05, 4.69) is 15.0 Å². The number of ether oxygens (including phenoxy) is 1. The number of aryl methyl sites for hydroxylation is 1. The number of halogens is 3. The standard InChI is InChI=1S/C14H16F3N3O/c1-10(13-18-7-8-20(13)2)19-11-3-5-12(6-4-11)21-9-14(15,16)17/h3-8,10,19H,9H2,1-2H3. The Morgan fingerprint density at radius 1 is 1.29 bits per heavy atom. The molecule has 0 radical (unpaired) electrons. The molecule has 0 spiro atoms. The maximum absolute atomic E-state index is 12.0. The van der Waals surface area contributed by atoms with Crippen LogP contribution in [-0.4, -0.2) is 22.3 Å². The molecule has 2 rings (SSSR count). The van der Waals surface area contributed by atoms with Crippen LogP contribution in [0.4, 0.5) is 18.9 Å². The van der Waals surface area contributed by atoms with Gasteiger partial charge in [0.15, 0.2) is 6.61 Å². The molecule has 1 atom stereocenters. The largest absolute Gasteiger partial charge is 0.484 e. The molecule has 0 aliphatic carbocycles. The van der Waals surface area contributed by atoms with Crippen LogP contribution < -0.4 is 10.1 Å². The van der Waals surface area contributed by atoms with E-state index in [1.54, 1.807) is 18.3 Å². The summed E-state index contributed by atoms with van der Waals surface area (Å²) >= 11 is 0. The molecule has 21 heavy (non-hydrogen) atoms. The van der Waals surface area contributed by atoms with Crippen molar-refractivity contribution >= 4 is 5.69 Å². The summed E-state index contributed by atoms with van der Waals surface area (Å²) in [6.45, 7) is 0.667. The highest BCUT2D eigenvalue weighted by Gasteiger charge is 2.28. The minimum absolute atomic E-state index is 0.0213. The molecule has 0 aliphatic heterocycles. The summed E-state index contributed by atoms with van der Waals surface area (Å²) in [5.74, 6) is 1.05. The van der Waals surface area contributed by atoms with Gasteiger partial charge in [-0.25, -0.2) is 4.98 Å². The van der Waals surface area contributed by atoms with Gasteiger partial charge in [0.1, 0.15) is 11.6 Å². The number of aromatic nitrogens is 2. The Balaban J connectivity index is 1.95. The number of nitrogens with one attached hydrogen (secondary N) is 1. The monoisotopic (exact) mass is 299 g/mol. The summed E-state index contributed by atoms with van der Waals surface area (Å²) in [4.78, 5) is 4.24. The van der Waals surface area contributed by atoms with Crippen LogP contribution in [0.5, 0.6) is 5.75 Å². The molecule has 1 heterocycles. The molecule has 1 aromatic heterocycles. The Hall–Kier alpha value is -2.18. The summed E-state index contributed by atoms with van der Waals surface area (Å²) in [6, 6.07) is 6.32. The molecule has 4 nitrogen and oxygen atoms in total. The molecule has 0 saturated heterocycles. The van der Waals surface area contributed by atoms with Crippen molar-refractivity contribution < 1.29 is 17.9 Å². The summed E-state index contributed by atoms with van der Waals surface area (Å²) in [7, 11) is 1.90. The summed E-state index contributed by atoms with van der Waals surface area (Å²) in [5.41, 5.74) is 0.782. The van der Waals surface area contributed by atoms with E-state index < -0.39 is 12.8 Å². The highest BCUT2D eigenvalue weighted by atomic mass is 19.4. The molecule has 1 N–H and O–H groups in total. The number of benzene rings is 1. The number of imidazole rings is 1. The second kappa shape index (κ2) is 6.07. The van der Waals surface area contributed by atoms with Crippen molar-refractivity contribution in [1.82, 2.24) is 9.55 Å². The van der Waals surface area contributed by atoms with Crippen LogP contribution in [0.25, 0.3) is 0 Å². The van der Waals surface area contributed by atoms with Crippen LogP contribution in [0.2, 0.25) is 0 Å². The van der Waals surface area contributed by atoms with Crippen molar-refractivity contribution in [3.8, 4) is 5.75 Å². The Morgan fingerprint density at radius 3 is 2.48 bits per heavy atom. The van der Waals surface area contributed by atoms with Gasteiger partial charge in [-0.2, -0.15) is 13.2 Å². The number of rotatable bonds is 5. The smallest absolute Gasteiger partial charge is 0.422 e. The second-order valence-electron chi connectivity index (χ2n) is 4.69. The van der Waals surface area contributed by atoms with Crippen LogP contribution in [0, 0.1) is 0 Å². The van der Waals surface area contributed by atoms with Gasteiger partial charge in [-0.15, -0.1) is 0 Å². The van der Waals surface area contributed by atoms with Gasteiger partial charge in [0.2, 0.25) is 0 Å². The summed E-state index contributed by atoms with van der Waals surface area (Å²) in [6.07, 6.45) is -0.771. The van der Waals surface area contributed by atoms with Crippen LogP contribution in [-0.2, 0) is 7.05 Å². The minimum Gasteiger partial charge on any atom is -0.484 e. The predicted octanol–water partition coefficient (Wildman–Crippen LogP) is 3.53. The zero-order valence-corrected chi connectivity index (χ0v) is 11.7. The normalized spacial score (nSPS) is 13.0. The van der Waals surface area contributed by atoms with Crippen LogP contribution in [0.15, 0.2) is 36.7 Å². The third kappa shape index (κ3) is 4.40. The fraction of sp³-hybridized carbons (Fsp3) is 0.357. The molecule has 2 aromatic rings. The third-order valence-electron chi connectivity index (χ3n) is 2.89. The van der Waals surface area contributed by atoms with Gasteiger partial charge in [0, 0.05) is 25.1 Å². The highest BCUT2D eigenvalue weighted by Crippen LogP contribution is 2.22.